The van der Waals surface area contributed by atoms with Crippen LogP contribution in [-0.4, -0.2) is 0 Å². The quantitative estimate of drug-likeness (QED) is 0.362. The Labute approximate surface area is 169 Å². The Morgan fingerprint density at radius 1 is 0.704 bits per heavy atom. The van der Waals surface area contributed by atoms with Gasteiger partial charge in [-0.3, -0.25) is 0 Å². The van der Waals surface area contributed by atoms with Crippen LogP contribution in [0.5, 0.6) is 0 Å². The second-order valence-electron chi connectivity index (χ2n) is 9.70. The molecule has 1 saturated carbocycles. The highest BCUT2D eigenvalue weighted by Crippen LogP contribution is 2.39. The minimum Gasteiger partial charge on any atom is -0.0654 e. The van der Waals surface area contributed by atoms with Crippen molar-refractivity contribution >= 4 is 0 Å². The zero-order valence-corrected chi connectivity index (χ0v) is 18.3. The van der Waals surface area contributed by atoms with Crippen LogP contribution in [0.25, 0.3) is 0 Å². The second-order valence-corrected chi connectivity index (χ2v) is 9.70. The number of unbranched alkanes of at least 4 members (excludes halogenated alkanes) is 5. The molecular weight excluding hydrogens is 324 g/mol. The second kappa shape index (κ2) is 11.3. The molecule has 0 aromatic heterocycles. The maximum atomic E-state index is 2.61. The average Bonchev–Trinajstić information content (AvgIpc) is 2.72. The molecule has 27 heavy (non-hydrogen) atoms. The standard InChI is InChI=1S/C27H44/c1-3-5-7-8-9-11-22-12-15-24(16-13-22)26-19-18-25-20-23(10-6-4-2)14-17-27(25)21-26/h18-19,21-24H,3-17,20H2,1-2H3/t22-,23?,24-. The van der Waals surface area contributed by atoms with Gasteiger partial charge in [-0.25, -0.2) is 0 Å². The van der Waals surface area contributed by atoms with E-state index in [1.165, 1.54) is 103 Å². The highest BCUT2D eigenvalue weighted by Gasteiger charge is 2.24. The van der Waals surface area contributed by atoms with E-state index < -0.39 is 0 Å². The molecule has 1 unspecified atom stereocenters. The third-order valence-corrected chi connectivity index (χ3v) is 7.56. The molecule has 1 aromatic carbocycles. The van der Waals surface area contributed by atoms with Crippen LogP contribution in [-0.2, 0) is 12.8 Å². The summed E-state index contributed by atoms with van der Waals surface area (Å²) in [5.74, 6) is 2.83. The Kier molecular flexibility index (Phi) is 8.75. The van der Waals surface area contributed by atoms with E-state index in [0.717, 1.165) is 17.8 Å². The summed E-state index contributed by atoms with van der Waals surface area (Å²) in [5.41, 5.74) is 5.03. The minimum absolute atomic E-state index is 0.851. The molecule has 0 aliphatic heterocycles. The van der Waals surface area contributed by atoms with E-state index in [9.17, 15) is 0 Å². The fourth-order valence-electron chi connectivity index (χ4n) is 5.66. The Morgan fingerprint density at radius 2 is 1.44 bits per heavy atom. The van der Waals surface area contributed by atoms with Crippen LogP contribution in [0.1, 0.15) is 126 Å². The van der Waals surface area contributed by atoms with E-state index in [-0.39, 0.29) is 0 Å². The van der Waals surface area contributed by atoms with Crippen molar-refractivity contribution in [1.82, 2.24) is 0 Å². The van der Waals surface area contributed by atoms with Crippen molar-refractivity contribution in [2.75, 3.05) is 0 Å². The molecule has 2 aliphatic carbocycles. The lowest BCUT2D eigenvalue weighted by molar-refractivity contribution is 0.301. The number of rotatable bonds is 10. The van der Waals surface area contributed by atoms with Gasteiger partial charge in [-0.2, -0.15) is 0 Å². The Morgan fingerprint density at radius 3 is 2.22 bits per heavy atom. The van der Waals surface area contributed by atoms with Gasteiger partial charge < -0.3 is 0 Å². The van der Waals surface area contributed by atoms with Crippen molar-refractivity contribution in [3.63, 3.8) is 0 Å². The molecule has 1 fully saturated rings. The van der Waals surface area contributed by atoms with Gasteiger partial charge in [0.25, 0.3) is 0 Å². The highest BCUT2D eigenvalue weighted by molar-refractivity contribution is 5.36. The molecule has 1 aromatic rings. The summed E-state index contributed by atoms with van der Waals surface area (Å²) >= 11 is 0. The molecule has 0 N–H and O–H groups in total. The van der Waals surface area contributed by atoms with E-state index in [4.69, 9.17) is 0 Å². The van der Waals surface area contributed by atoms with Gasteiger partial charge in [-0.1, -0.05) is 89.8 Å². The monoisotopic (exact) mass is 368 g/mol. The Balaban J connectivity index is 1.44. The maximum absolute atomic E-state index is 2.61. The fourth-order valence-corrected chi connectivity index (χ4v) is 5.66. The maximum Gasteiger partial charge on any atom is -0.0162 e. The van der Waals surface area contributed by atoms with Crippen LogP contribution in [0.3, 0.4) is 0 Å². The van der Waals surface area contributed by atoms with Crippen molar-refractivity contribution in [1.29, 1.82) is 0 Å². The number of benzene rings is 1. The van der Waals surface area contributed by atoms with Crippen molar-refractivity contribution in [3.05, 3.63) is 34.9 Å². The van der Waals surface area contributed by atoms with Crippen molar-refractivity contribution in [2.24, 2.45) is 11.8 Å². The zero-order valence-electron chi connectivity index (χ0n) is 18.3. The largest absolute Gasteiger partial charge is 0.0654 e. The van der Waals surface area contributed by atoms with Crippen LogP contribution in [0.15, 0.2) is 18.2 Å². The molecule has 152 valence electrons. The summed E-state index contributed by atoms with van der Waals surface area (Å²) in [5, 5.41) is 0. The van der Waals surface area contributed by atoms with Gasteiger partial charge >= 0.3 is 0 Å². The molecule has 0 heteroatoms. The molecule has 1 atom stereocenters. The first-order valence-electron chi connectivity index (χ1n) is 12.4. The van der Waals surface area contributed by atoms with Gasteiger partial charge in [0, 0.05) is 0 Å². The smallest absolute Gasteiger partial charge is 0.0162 e. The lowest BCUT2D eigenvalue weighted by Gasteiger charge is -2.30. The van der Waals surface area contributed by atoms with E-state index >= 15 is 0 Å². The summed E-state index contributed by atoms with van der Waals surface area (Å²) < 4.78 is 0. The SMILES string of the molecule is CCCCCCC[C@H]1CC[C@H](c2ccc3c(c2)CCC(CCCC)C3)CC1. The zero-order chi connectivity index (χ0) is 18.9. The molecule has 0 radical (unpaired) electrons. The normalized spacial score (nSPS) is 25.3. The summed E-state index contributed by atoms with van der Waals surface area (Å²) in [6.45, 7) is 4.64. The molecular formula is C27H44. The number of fused-ring (bicyclic) bond motifs is 1. The third kappa shape index (κ3) is 6.37. The topological polar surface area (TPSA) is 0 Å². The highest BCUT2D eigenvalue weighted by atomic mass is 14.3. The molecule has 0 heterocycles. The lowest BCUT2D eigenvalue weighted by Crippen LogP contribution is -2.16. The molecule has 0 nitrogen and oxygen atoms in total. The summed E-state index contributed by atoms with van der Waals surface area (Å²) in [4.78, 5) is 0. The van der Waals surface area contributed by atoms with Crippen LogP contribution < -0.4 is 0 Å². The first kappa shape index (κ1) is 20.9. The molecule has 0 bridgehead atoms. The molecule has 0 amide bonds. The van der Waals surface area contributed by atoms with Crippen molar-refractivity contribution in [3.8, 4) is 0 Å². The van der Waals surface area contributed by atoms with Crippen LogP contribution in [0.2, 0.25) is 0 Å². The molecule has 0 spiro atoms. The van der Waals surface area contributed by atoms with E-state index in [1.807, 2.05) is 0 Å². The number of hydrogen-bond donors (Lipinski definition) is 0. The van der Waals surface area contributed by atoms with E-state index in [2.05, 4.69) is 32.0 Å². The lowest BCUT2D eigenvalue weighted by atomic mass is 9.75. The van der Waals surface area contributed by atoms with Crippen molar-refractivity contribution in [2.45, 2.75) is 122 Å². The predicted molar refractivity (Wildman–Crippen MR) is 120 cm³/mol. The van der Waals surface area contributed by atoms with Gasteiger partial charge in [0.1, 0.15) is 0 Å². The van der Waals surface area contributed by atoms with Gasteiger partial charge in [0.2, 0.25) is 0 Å². The van der Waals surface area contributed by atoms with Gasteiger partial charge in [-0.05, 0) is 79.4 Å². The number of hydrogen-bond acceptors (Lipinski definition) is 0. The van der Waals surface area contributed by atoms with E-state index in [0.29, 0.717) is 0 Å². The third-order valence-electron chi connectivity index (χ3n) is 7.56. The summed E-state index contributed by atoms with van der Waals surface area (Å²) in [7, 11) is 0. The van der Waals surface area contributed by atoms with Crippen molar-refractivity contribution < 1.29 is 0 Å². The minimum atomic E-state index is 0.851. The van der Waals surface area contributed by atoms with Crippen LogP contribution in [0, 0.1) is 11.8 Å². The van der Waals surface area contributed by atoms with E-state index in [1.54, 1.807) is 16.7 Å². The predicted octanol–water partition coefficient (Wildman–Crippen LogP) is 8.62. The van der Waals surface area contributed by atoms with Gasteiger partial charge in [0.15, 0.2) is 0 Å². The van der Waals surface area contributed by atoms with Gasteiger partial charge in [0.05, 0.1) is 0 Å². The Hall–Kier alpha value is -0.780. The van der Waals surface area contributed by atoms with Crippen LogP contribution in [0.4, 0.5) is 0 Å². The van der Waals surface area contributed by atoms with Crippen LogP contribution >= 0.6 is 0 Å². The first-order valence-corrected chi connectivity index (χ1v) is 12.4. The Bertz CT molecular complexity index is 535. The molecule has 2 aliphatic rings. The summed E-state index contributed by atoms with van der Waals surface area (Å²) in [6, 6.07) is 7.61. The molecule has 3 rings (SSSR count). The number of aryl methyl sites for hydroxylation is 1. The fraction of sp³-hybridized carbons (Fsp3) is 0.778. The first-order chi connectivity index (χ1) is 13.3. The average molecular weight is 369 g/mol. The summed E-state index contributed by atoms with van der Waals surface area (Å²) in [6.07, 6.45) is 22.9. The van der Waals surface area contributed by atoms with Gasteiger partial charge in [-0.15, -0.1) is 0 Å². The molecule has 0 saturated heterocycles.